The van der Waals surface area contributed by atoms with Gasteiger partial charge in [-0.25, -0.2) is 9.48 Å². The molecule has 172 valence electrons. The van der Waals surface area contributed by atoms with E-state index in [0.29, 0.717) is 25.9 Å². The summed E-state index contributed by atoms with van der Waals surface area (Å²) in [6, 6.07) is 5.35. The Morgan fingerprint density at radius 3 is 2.53 bits per heavy atom. The number of halogens is 3. The van der Waals surface area contributed by atoms with Crippen LogP contribution in [0.25, 0.3) is 5.69 Å². The second kappa shape index (κ2) is 9.41. The second-order valence-electron chi connectivity index (χ2n) is 7.39. The van der Waals surface area contributed by atoms with E-state index in [1.54, 1.807) is 6.92 Å². The van der Waals surface area contributed by atoms with Gasteiger partial charge in [0.15, 0.2) is 5.69 Å². The molecule has 1 aliphatic rings. The van der Waals surface area contributed by atoms with Gasteiger partial charge in [0.2, 0.25) is 5.43 Å². The van der Waals surface area contributed by atoms with Gasteiger partial charge in [-0.05, 0) is 44.9 Å². The minimum Gasteiger partial charge on any atom is -0.450 e. The summed E-state index contributed by atoms with van der Waals surface area (Å²) in [5.41, 5.74) is -1.55. The molecular formula is C21H23F3N4O4. The summed E-state index contributed by atoms with van der Waals surface area (Å²) in [7, 11) is 0. The summed E-state index contributed by atoms with van der Waals surface area (Å²) in [4.78, 5) is 38.4. The molecular weight excluding hydrogens is 429 g/mol. The number of ether oxygens (including phenoxy) is 1. The first-order valence-electron chi connectivity index (χ1n) is 10.1. The maximum atomic E-state index is 13.1. The van der Waals surface area contributed by atoms with Crippen molar-refractivity contribution in [2.45, 2.75) is 38.9 Å². The number of nitrogens with zero attached hydrogens (tertiary/aromatic N) is 3. The average Bonchev–Trinajstić information content (AvgIpc) is 2.74. The van der Waals surface area contributed by atoms with Crippen LogP contribution >= 0.6 is 0 Å². The molecule has 1 N–H and O–H groups in total. The number of carbonyl (C=O) groups is 2. The largest absolute Gasteiger partial charge is 0.450 e. The van der Waals surface area contributed by atoms with E-state index in [1.807, 2.05) is 0 Å². The Morgan fingerprint density at radius 1 is 1.22 bits per heavy atom. The molecule has 2 heterocycles. The summed E-state index contributed by atoms with van der Waals surface area (Å²) >= 11 is 0. The molecule has 1 aliphatic heterocycles. The van der Waals surface area contributed by atoms with Gasteiger partial charge in [0.05, 0.1) is 17.9 Å². The molecule has 0 saturated carbocycles. The van der Waals surface area contributed by atoms with Crippen molar-refractivity contribution in [1.82, 2.24) is 20.0 Å². The van der Waals surface area contributed by atoms with Crippen LogP contribution in [0.2, 0.25) is 0 Å². The molecule has 0 atom stereocenters. The van der Waals surface area contributed by atoms with Crippen molar-refractivity contribution < 1.29 is 27.5 Å². The van der Waals surface area contributed by atoms with Gasteiger partial charge in [0, 0.05) is 30.9 Å². The van der Waals surface area contributed by atoms with E-state index in [-0.39, 0.29) is 24.0 Å². The van der Waals surface area contributed by atoms with Crippen LogP contribution in [0.5, 0.6) is 0 Å². The summed E-state index contributed by atoms with van der Waals surface area (Å²) in [6.07, 6.45) is -4.01. The van der Waals surface area contributed by atoms with Gasteiger partial charge >= 0.3 is 12.3 Å². The normalized spacial score (nSPS) is 14.8. The molecule has 8 nitrogen and oxygen atoms in total. The third-order valence-electron chi connectivity index (χ3n) is 5.10. The highest BCUT2D eigenvalue weighted by Gasteiger charge is 2.31. The van der Waals surface area contributed by atoms with Crippen LogP contribution < -0.4 is 10.7 Å². The Morgan fingerprint density at radius 2 is 1.91 bits per heavy atom. The van der Waals surface area contributed by atoms with Crippen LogP contribution in [0.1, 0.15) is 41.5 Å². The molecule has 1 saturated heterocycles. The van der Waals surface area contributed by atoms with E-state index >= 15 is 0 Å². The number of rotatable bonds is 4. The monoisotopic (exact) mass is 452 g/mol. The molecule has 0 bridgehead atoms. The lowest BCUT2D eigenvalue weighted by Crippen LogP contribution is -2.47. The number of aryl methyl sites for hydroxylation is 1. The smallest absolute Gasteiger partial charge is 0.416 e. The Balaban J connectivity index is 1.77. The third-order valence-corrected chi connectivity index (χ3v) is 5.10. The SMILES string of the molecule is CCOC(=O)N1CCC(NC(=O)c2nn(-c3cccc(C(F)(F)F)c3)c(C)cc2=O)CC1. The molecule has 1 fully saturated rings. The molecule has 1 aromatic carbocycles. The Hall–Kier alpha value is -3.37. The van der Waals surface area contributed by atoms with Crippen molar-refractivity contribution in [3.8, 4) is 5.69 Å². The average molecular weight is 452 g/mol. The third kappa shape index (κ3) is 5.27. The van der Waals surface area contributed by atoms with E-state index in [4.69, 9.17) is 4.74 Å². The van der Waals surface area contributed by atoms with Crippen molar-refractivity contribution in [3.63, 3.8) is 0 Å². The number of carbonyl (C=O) groups excluding carboxylic acids is 2. The van der Waals surface area contributed by atoms with Gasteiger partial charge in [-0.2, -0.15) is 18.3 Å². The molecule has 1 aromatic heterocycles. The number of hydrogen-bond donors (Lipinski definition) is 1. The van der Waals surface area contributed by atoms with Crippen molar-refractivity contribution >= 4 is 12.0 Å². The van der Waals surface area contributed by atoms with Crippen LogP contribution in [0.15, 0.2) is 35.1 Å². The second-order valence-corrected chi connectivity index (χ2v) is 7.39. The molecule has 0 aliphatic carbocycles. The molecule has 0 unspecified atom stereocenters. The highest BCUT2D eigenvalue weighted by molar-refractivity contribution is 5.92. The number of piperidine rings is 1. The summed E-state index contributed by atoms with van der Waals surface area (Å²) in [5, 5.41) is 6.77. The fourth-order valence-electron chi connectivity index (χ4n) is 3.45. The van der Waals surface area contributed by atoms with Gasteiger partial charge in [0.1, 0.15) is 0 Å². The number of amides is 2. The fourth-order valence-corrected chi connectivity index (χ4v) is 3.45. The van der Waals surface area contributed by atoms with Gasteiger partial charge < -0.3 is 15.0 Å². The first-order chi connectivity index (χ1) is 15.1. The van der Waals surface area contributed by atoms with Crippen molar-refractivity contribution in [3.05, 3.63) is 57.5 Å². The lowest BCUT2D eigenvalue weighted by atomic mass is 10.1. The predicted octanol–water partition coefficient (Wildman–Crippen LogP) is 2.91. The first kappa shape index (κ1) is 23.3. The first-order valence-corrected chi connectivity index (χ1v) is 10.1. The number of nitrogens with one attached hydrogen (secondary N) is 1. The zero-order valence-electron chi connectivity index (χ0n) is 17.6. The van der Waals surface area contributed by atoms with E-state index in [2.05, 4.69) is 10.4 Å². The van der Waals surface area contributed by atoms with Crippen LogP contribution in [0.3, 0.4) is 0 Å². The minimum atomic E-state index is -4.54. The van der Waals surface area contributed by atoms with Gasteiger partial charge in [-0.3, -0.25) is 9.59 Å². The van der Waals surface area contributed by atoms with E-state index in [9.17, 15) is 27.6 Å². The predicted molar refractivity (Wildman–Crippen MR) is 109 cm³/mol. The Kier molecular flexibility index (Phi) is 6.85. The molecule has 32 heavy (non-hydrogen) atoms. The molecule has 3 rings (SSSR count). The quantitative estimate of drug-likeness (QED) is 0.770. The summed E-state index contributed by atoms with van der Waals surface area (Å²) < 4.78 is 45.3. The zero-order valence-corrected chi connectivity index (χ0v) is 17.6. The highest BCUT2D eigenvalue weighted by atomic mass is 19.4. The standard InChI is InChI=1S/C21H23F3N4O4/c1-3-32-20(31)27-9-7-15(8-10-27)25-19(30)18-17(29)11-13(2)28(26-18)16-6-4-5-14(12-16)21(22,23)24/h4-6,11-12,15H,3,7-10H2,1-2H3,(H,25,30). The number of hydrogen-bond acceptors (Lipinski definition) is 5. The van der Waals surface area contributed by atoms with E-state index in [1.165, 1.54) is 24.0 Å². The number of likely N-dealkylation sites (tertiary alicyclic amines) is 1. The Bertz CT molecular complexity index is 1060. The summed E-state index contributed by atoms with van der Waals surface area (Å²) in [6.45, 7) is 4.28. The topological polar surface area (TPSA) is 93.5 Å². The number of aromatic nitrogens is 2. The molecule has 2 amide bonds. The summed E-state index contributed by atoms with van der Waals surface area (Å²) in [5.74, 6) is -0.717. The van der Waals surface area contributed by atoms with E-state index < -0.39 is 34.9 Å². The van der Waals surface area contributed by atoms with Crippen LogP contribution in [0, 0.1) is 6.92 Å². The minimum absolute atomic E-state index is 0.0779. The zero-order chi connectivity index (χ0) is 23.5. The van der Waals surface area contributed by atoms with Crippen molar-refractivity contribution in [2.75, 3.05) is 19.7 Å². The molecule has 11 heteroatoms. The fraction of sp³-hybridized carbons (Fsp3) is 0.429. The number of alkyl halides is 3. The van der Waals surface area contributed by atoms with Gasteiger partial charge in [-0.15, -0.1) is 0 Å². The maximum Gasteiger partial charge on any atom is 0.416 e. The highest BCUT2D eigenvalue weighted by Crippen LogP contribution is 2.30. The van der Waals surface area contributed by atoms with Crippen molar-refractivity contribution in [2.24, 2.45) is 0 Å². The van der Waals surface area contributed by atoms with Crippen LogP contribution in [0.4, 0.5) is 18.0 Å². The Labute approximate surface area is 182 Å². The number of benzene rings is 1. The lowest BCUT2D eigenvalue weighted by molar-refractivity contribution is -0.137. The van der Waals surface area contributed by atoms with Gasteiger partial charge in [-0.1, -0.05) is 6.07 Å². The molecule has 2 aromatic rings. The van der Waals surface area contributed by atoms with E-state index in [0.717, 1.165) is 22.9 Å². The van der Waals surface area contributed by atoms with Gasteiger partial charge in [0.25, 0.3) is 5.91 Å². The lowest BCUT2D eigenvalue weighted by Gasteiger charge is -2.31. The van der Waals surface area contributed by atoms with Crippen molar-refractivity contribution in [1.29, 1.82) is 0 Å². The maximum absolute atomic E-state index is 13.1. The van der Waals surface area contributed by atoms with Crippen LogP contribution in [-0.4, -0.2) is 52.4 Å². The van der Waals surface area contributed by atoms with Crippen LogP contribution in [-0.2, 0) is 10.9 Å². The molecule has 0 radical (unpaired) electrons. The molecule has 0 spiro atoms.